The Morgan fingerprint density at radius 2 is 2.08 bits per heavy atom. The average Bonchev–Trinajstić information content (AvgIpc) is 3.10. The third kappa shape index (κ3) is 3.60. The molecule has 1 aliphatic rings. The molecule has 2 aromatic rings. The lowest BCUT2D eigenvalue weighted by molar-refractivity contribution is -0.123. The van der Waals surface area contributed by atoms with Gasteiger partial charge in [-0.25, -0.2) is 0 Å². The quantitative estimate of drug-likeness (QED) is 0.819. The van der Waals surface area contributed by atoms with Gasteiger partial charge >= 0.3 is 0 Å². The van der Waals surface area contributed by atoms with Gasteiger partial charge in [-0.15, -0.1) is 0 Å². The van der Waals surface area contributed by atoms with Gasteiger partial charge in [-0.3, -0.25) is 9.59 Å². The summed E-state index contributed by atoms with van der Waals surface area (Å²) in [5.74, 6) is 0.915. The molecule has 1 aromatic heterocycles. The van der Waals surface area contributed by atoms with Crippen LogP contribution in [0.15, 0.2) is 36.5 Å². The molecule has 1 atom stereocenters. The zero-order chi connectivity index (χ0) is 17.8. The Balaban J connectivity index is 1.54. The van der Waals surface area contributed by atoms with E-state index in [1.165, 1.54) is 0 Å². The Morgan fingerprint density at radius 1 is 1.28 bits per heavy atom. The SMILES string of the molecule is COc1ccc(CCNC(=O)C2Cn3cccc3C(=O)N2)cc1OC. The maximum Gasteiger partial charge on any atom is 0.268 e. The lowest BCUT2D eigenvalue weighted by Crippen LogP contribution is -2.52. The molecule has 7 heteroatoms. The largest absolute Gasteiger partial charge is 0.493 e. The molecule has 1 aromatic carbocycles. The molecular formula is C18H21N3O4. The molecule has 1 unspecified atom stereocenters. The van der Waals surface area contributed by atoms with Crippen molar-refractivity contribution in [3.63, 3.8) is 0 Å². The van der Waals surface area contributed by atoms with Gasteiger partial charge in [0.2, 0.25) is 5.91 Å². The lowest BCUT2D eigenvalue weighted by atomic mass is 10.1. The first-order valence-electron chi connectivity index (χ1n) is 8.07. The van der Waals surface area contributed by atoms with Gasteiger partial charge in [-0.2, -0.15) is 0 Å². The summed E-state index contributed by atoms with van der Waals surface area (Å²) in [4.78, 5) is 24.3. The Labute approximate surface area is 145 Å². The molecule has 2 heterocycles. The first-order chi connectivity index (χ1) is 12.1. The maximum absolute atomic E-state index is 12.3. The van der Waals surface area contributed by atoms with Gasteiger partial charge in [0.1, 0.15) is 11.7 Å². The minimum atomic E-state index is -0.558. The lowest BCUT2D eigenvalue weighted by Gasteiger charge is -2.24. The van der Waals surface area contributed by atoms with Gasteiger partial charge in [0, 0.05) is 12.7 Å². The third-order valence-corrected chi connectivity index (χ3v) is 4.22. The molecule has 0 saturated heterocycles. The summed E-state index contributed by atoms with van der Waals surface area (Å²) in [6.07, 6.45) is 2.46. The van der Waals surface area contributed by atoms with Crippen molar-refractivity contribution in [3.05, 3.63) is 47.8 Å². The monoisotopic (exact) mass is 343 g/mol. The zero-order valence-electron chi connectivity index (χ0n) is 14.2. The standard InChI is InChI=1S/C18H21N3O4/c1-24-15-6-5-12(10-16(15)25-2)7-8-19-17(22)13-11-21-9-3-4-14(21)18(23)20-13/h3-6,9-10,13H,7-8,11H2,1-2H3,(H,19,22)(H,20,23). The molecule has 0 bridgehead atoms. The predicted molar refractivity (Wildman–Crippen MR) is 91.9 cm³/mol. The number of amides is 2. The minimum absolute atomic E-state index is 0.187. The van der Waals surface area contributed by atoms with Gasteiger partial charge in [-0.05, 0) is 36.2 Å². The Kier molecular flexibility index (Phi) is 4.92. The van der Waals surface area contributed by atoms with Crippen molar-refractivity contribution in [1.82, 2.24) is 15.2 Å². The van der Waals surface area contributed by atoms with Crippen molar-refractivity contribution in [2.24, 2.45) is 0 Å². The summed E-state index contributed by atoms with van der Waals surface area (Å²) in [5, 5.41) is 5.60. The summed E-state index contributed by atoms with van der Waals surface area (Å²) in [7, 11) is 3.18. The predicted octanol–water partition coefficient (Wildman–Crippen LogP) is 0.976. The fraction of sp³-hybridized carbons (Fsp3) is 0.333. The molecule has 7 nitrogen and oxygen atoms in total. The second-order valence-electron chi connectivity index (χ2n) is 5.80. The van der Waals surface area contributed by atoms with Gasteiger partial charge in [-0.1, -0.05) is 6.07 Å². The van der Waals surface area contributed by atoms with Crippen LogP contribution in [-0.2, 0) is 17.8 Å². The van der Waals surface area contributed by atoms with E-state index in [0.29, 0.717) is 36.7 Å². The summed E-state index contributed by atoms with van der Waals surface area (Å²) in [6.45, 7) is 0.912. The van der Waals surface area contributed by atoms with Crippen LogP contribution in [0.4, 0.5) is 0 Å². The van der Waals surface area contributed by atoms with Crippen LogP contribution < -0.4 is 20.1 Å². The molecule has 0 spiro atoms. The molecule has 1 aliphatic heterocycles. The molecule has 132 valence electrons. The number of fused-ring (bicyclic) bond motifs is 1. The first-order valence-corrected chi connectivity index (χ1v) is 8.07. The number of aromatic nitrogens is 1. The normalized spacial score (nSPS) is 15.9. The van der Waals surface area contributed by atoms with Crippen molar-refractivity contribution in [3.8, 4) is 11.5 Å². The van der Waals surface area contributed by atoms with Crippen LogP contribution in [0.1, 0.15) is 16.1 Å². The van der Waals surface area contributed by atoms with Crippen LogP contribution in [0.3, 0.4) is 0 Å². The van der Waals surface area contributed by atoms with E-state index in [2.05, 4.69) is 10.6 Å². The molecule has 2 amide bonds. The molecule has 0 fully saturated rings. The number of hydrogen-bond acceptors (Lipinski definition) is 4. The topological polar surface area (TPSA) is 81.6 Å². The second kappa shape index (κ2) is 7.29. The third-order valence-electron chi connectivity index (χ3n) is 4.22. The molecule has 2 N–H and O–H groups in total. The number of carbonyl (C=O) groups excluding carboxylic acids is 2. The van der Waals surface area contributed by atoms with Crippen LogP contribution in [0.2, 0.25) is 0 Å². The molecule has 25 heavy (non-hydrogen) atoms. The number of methoxy groups -OCH3 is 2. The van der Waals surface area contributed by atoms with Crippen LogP contribution in [0.25, 0.3) is 0 Å². The number of ether oxygens (including phenoxy) is 2. The van der Waals surface area contributed by atoms with Gasteiger partial charge in [0.05, 0.1) is 20.8 Å². The summed E-state index contributed by atoms with van der Waals surface area (Å²) >= 11 is 0. The number of nitrogens with one attached hydrogen (secondary N) is 2. The highest BCUT2D eigenvalue weighted by Crippen LogP contribution is 2.27. The molecule has 3 rings (SSSR count). The Hall–Kier alpha value is -2.96. The average molecular weight is 343 g/mol. The number of hydrogen-bond donors (Lipinski definition) is 2. The smallest absolute Gasteiger partial charge is 0.268 e. The van der Waals surface area contributed by atoms with Crippen molar-refractivity contribution in [1.29, 1.82) is 0 Å². The van der Waals surface area contributed by atoms with E-state index in [-0.39, 0.29) is 11.8 Å². The van der Waals surface area contributed by atoms with Crippen molar-refractivity contribution < 1.29 is 19.1 Å². The summed E-state index contributed by atoms with van der Waals surface area (Å²) in [6, 6.07) is 8.64. The van der Waals surface area contributed by atoms with E-state index in [9.17, 15) is 9.59 Å². The highest BCUT2D eigenvalue weighted by molar-refractivity contribution is 5.97. The van der Waals surface area contributed by atoms with Gasteiger partial charge in [0.25, 0.3) is 5.91 Å². The van der Waals surface area contributed by atoms with E-state index in [1.54, 1.807) is 37.1 Å². The second-order valence-corrected chi connectivity index (χ2v) is 5.80. The summed E-state index contributed by atoms with van der Waals surface area (Å²) in [5.41, 5.74) is 1.60. The molecule has 0 radical (unpaired) electrons. The van der Waals surface area contributed by atoms with E-state index in [4.69, 9.17) is 9.47 Å². The number of nitrogens with zero attached hydrogens (tertiary/aromatic N) is 1. The minimum Gasteiger partial charge on any atom is -0.493 e. The van der Waals surface area contributed by atoms with Gasteiger partial charge < -0.3 is 24.7 Å². The highest BCUT2D eigenvalue weighted by atomic mass is 16.5. The van der Waals surface area contributed by atoms with E-state index in [1.807, 2.05) is 18.2 Å². The van der Waals surface area contributed by atoms with Crippen LogP contribution >= 0.6 is 0 Å². The van der Waals surface area contributed by atoms with E-state index >= 15 is 0 Å². The molecule has 0 saturated carbocycles. The summed E-state index contributed by atoms with van der Waals surface area (Å²) < 4.78 is 12.3. The molecular weight excluding hydrogens is 322 g/mol. The van der Waals surface area contributed by atoms with Crippen LogP contribution in [0, 0.1) is 0 Å². The zero-order valence-corrected chi connectivity index (χ0v) is 14.2. The van der Waals surface area contributed by atoms with Crippen LogP contribution in [0.5, 0.6) is 11.5 Å². The van der Waals surface area contributed by atoms with Crippen LogP contribution in [-0.4, -0.2) is 43.2 Å². The number of rotatable bonds is 6. The van der Waals surface area contributed by atoms with E-state index < -0.39 is 6.04 Å². The number of benzene rings is 1. The Bertz CT molecular complexity index is 784. The van der Waals surface area contributed by atoms with Crippen molar-refractivity contribution >= 4 is 11.8 Å². The fourth-order valence-electron chi connectivity index (χ4n) is 2.89. The van der Waals surface area contributed by atoms with E-state index in [0.717, 1.165) is 5.56 Å². The van der Waals surface area contributed by atoms with Crippen molar-refractivity contribution in [2.45, 2.75) is 19.0 Å². The molecule has 0 aliphatic carbocycles. The van der Waals surface area contributed by atoms with Gasteiger partial charge in [0.15, 0.2) is 11.5 Å². The Morgan fingerprint density at radius 3 is 2.84 bits per heavy atom. The maximum atomic E-state index is 12.3. The fourth-order valence-corrected chi connectivity index (χ4v) is 2.89. The first kappa shape index (κ1) is 16.9. The highest BCUT2D eigenvalue weighted by Gasteiger charge is 2.28. The van der Waals surface area contributed by atoms with Crippen molar-refractivity contribution in [2.75, 3.05) is 20.8 Å². The number of carbonyl (C=O) groups is 2.